The van der Waals surface area contributed by atoms with Crippen LogP contribution in [-0.4, -0.2) is 33.7 Å². The molecule has 2 aromatic rings. The Morgan fingerprint density at radius 3 is 2.75 bits per heavy atom. The second-order valence-corrected chi connectivity index (χ2v) is 5.94. The van der Waals surface area contributed by atoms with Gasteiger partial charge < -0.3 is 4.90 Å². The van der Waals surface area contributed by atoms with E-state index in [0.717, 1.165) is 5.56 Å². The van der Waals surface area contributed by atoms with Gasteiger partial charge in [-0.05, 0) is 23.8 Å². The molecule has 1 aromatic heterocycles. The van der Waals surface area contributed by atoms with Gasteiger partial charge >= 0.3 is 0 Å². The summed E-state index contributed by atoms with van der Waals surface area (Å²) in [7, 11) is 1.69. The lowest BCUT2D eigenvalue weighted by molar-refractivity contribution is -0.128. The van der Waals surface area contributed by atoms with Crippen molar-refractivity contribution in [3.8, 4) is 0 Å². The highest BCUT2D eigenvalue weighted by Crippen LogP contribution is 2.37. The highest BCUT2D eigenvalue weighted by atomic mass is 35.5. The maximum atomic E-state index is 12.5. The third-order valence-electron chi connectivity index (χ3n) is 3.98. The number of benzene rings is 1. The van der Waals surface area contributed by atoms with E-state index in [2.05, 4.69) is 20.8 Å². The Morgan fingerprint density at radius 1 is 1.29 bits per heavy atom. The Kier molecular flexibility index (Phi) is 4.61. The first-order valence-electron chi connectivity index (χ1n) is 7.40. The lowest BCUT2D eigenvalue weighted by Gasteiger charge is -2.25. The number of carbonyl (C=O) groups is 2. The minimum atomic E-state index is -0.530. The van der Waals surface area contributed by atoms with E-state index in [9.17, 15) is 9.59 Å². The largest absolute Gasteiger partial charge is 0.338 e. The van der Waals surface area contributed by atoms with Gasteiger partial charge in [-0.3, -0.25) is 20.4 Å². The van der Waals surface area contributed by atoms with Gasteiger partial charge in [0.15, 0.2) is 0 Å². The Labute approximate surface area is 144 Å². The molecule has 1 aliphatic rings. The molecule has 7 nitrogen and oxygen atoms in total. The van der Waals surface area contributed by atoms with Crippen molar-refractivity contribution in [3.63, 3.8) is 0 Å². The van der Waals surface area contributed by atoms with E-state index in [0.29, 0.717) is 5.02 Å². The van der Waals surface area contributed by atoms with Crippen molar-refractivity contribution in [2.45, 2.75) is 12.5 Å². The standard InChI is InChI=1S/C16H16ClN5O2/c1-22-13(23)9-12(14(22)10-4-2-5-11(17)8-10)15(24)20-21-16-18-6-3-7-19-16/h2-8,12,14H,9H2,1H3,(H,20,24)(H,18,19,21)/t12-,14-/m0/s1. The van der Waals surface area contributed by atoms with Gasteiger partial charge in [0.1, 0.15) is 0 Å². The molecule has 2 atom stereocenters. The van der Waals surface area contributed by atoms with E-state index in [4.69, 9.17) is 11.6 Å². The monoisotopic (exact) mass is 345 g/mol. The number of likely N-dealkylation sites (tertiary alicyclic amines) is 1. The number of amides is 2. The van der Waals surface area contributed by atoms with Crippen LogP contribution >= 0.6 is 11.6 Å². The summed E-state index contributed by atoms with van der Waals surface area (Å²) in [5.74, 6) is -0.638. The molecule has 24 heavy (non-hydrogen) atoms. The number of carbonyl (C=O) groups excluding carboxylic acids is 2. The molecule has 124 valence electrons. The molecule has 0 radical (unpaired) electrons. The summed E-state index contributed by atoms with van der Waals surface area (Å²) in [4.78, 5) is 34.1. The van der Waals surface area contributed by atoms with E-state index in [-0.39, 0.29) is 30.2 Å². The topological polar surface area (TPSA) is 87.2 Å². The van der Waals surface area contributed by atoms with Crippen LogP contribution in [0.4, 0.5) is 5.95 Å². The maximum Gasteiger partial charge on any atom is 0.244 e. The van der Waals surface area contributed by atoms with E-state index < -0.39 is 5.92 Å². The number of halogens is 1. The van der Waals surface area contributed by atoms with Crippen molar-refractivity contribution in [3.05, 3.63) is 53.3 Å². The lowest BCUT2D eigenvalue weighted by Crippen LogP contribution is -2.38. The molecule has 0 saturated carbocycles. The van der Waals surface area contributed by atoms with Gasteiger partial charge in [0, 0.05) is 30.9 Å². The molecule has 2 N–H and O–H groups in total. The molecule has 0 bridgehead atoms. The number of nitrogens with zero attached hydrogens (tertiary/aromatic N) is 3. The van der Waals surface area contributed by atoms with Gasteiger partial charge in [-0.15, -0.1) is 0 Å². The predicted octanol–water partition coefficient (Wildman–Crippen LogP) is 1.79. The van der Waals surface area contributed by atoms with Crippen LogP contribution in [0, 0.1) is 5.92 Å². The average Bonchev–Trinajstić information content (AvgIpc) is 2.89. The summed E-state index contributed by atoms with van der Waals surface area (Å²) in [6, 6.07) is 8.50. The minimum absolute atomic E-state index is 0.0870. The van der Waals surface area contributed by atoms with Crippen LogP contribution in [0.15, 0.2) is 42.7 Å². The Bertz CT molecular complexity index is 755. The van der Waals surface area contributed by atoms with Gasteiger partial charge in [0.2, 0.25) is 17.8 Å². The molecule has 2 amide bonds. The summed E-state index contributed by atoms with van der Waals surface area (Å²) in [5.41, 5.74) is 6.05. The third kappa shape index (κ3) is 3.30. The average molecular weight is 346 g/mol. The van der Waals surface area contributed by atoms with Crippen LogP contribution in [0.25, 0.3) is 0 Å². The molecule has 0 unspecified atom stereocenters. The van der Waals surface area contributed by atoms with E-state index in [1.54, 1.807) is 48.6 Å². The van der Waals surface area contributed by atoms with E-state index in [1.807, 2.05) is 6.07 Å². The first kappa shape index (κ1) is 16.2. The van der Waals surface area contributed by atoms with Crippen molar-refractivity contribution in [1.29, 1.82) is 0 Å². The Morgan fingerprint density at radius 2 is 2.04 bits per heavy atom. The van der Waals surface area contributed by atoms with Gasteiger partial charge in [-0.1, -0.05) is 23.7 Å². The number of nitrogens with one attached hydrogen (secondary N) is 2. The maximum absolute atomic E-state index is 12.5. The lowest BCUT2D eigenvalue weighted by atomic mass is 9.93. The molecule has 1 fully saturated rings. The fraction of sp³-hybridized carbons (Fsp3) is 0.250. The fourth-order valence-corrected chi connectivity index (χ4v) is 3.02. The van der Waals surface area contributed by atoms with Crippen LogP contribution in [0.1, 0.15) is 18.0 Å². The highest BCUT2D eigenvalue weighted by molar-refractivity contribution is 6.30. The van der Waals surface area contributed by atoms with Crippen molar-refractivity contribution in [1.82, 2.24) is 20.3 Å². The molecule has 1 saturated heterocycles. The van der Waals surface area contributed by atoms with E-state index >= 15 is 0 Å². The molecular weight excluding hydrogens is 330 g/mol. The van der Waals surface area contributed by atoms with Crippen molar-refractivity contribution < 1.29 is 9.59 Å². The number of rotatable bonds is 4. The van der Waals surface area contributed by atoms with Gasteiger partial charge in [-0.2, -0.15) is 0 Å². The van der Waals surface area contributed by atoms with Crippen molar-refractivity contribution in [2.24, 2.45) is 5.92 Å². The number of hydrogen-bond donors (Lipinski definition) is 2. The molecule has 8 heteroatoms. The number of hydrogen-bond acceptors (Lipinski definition) is 5. The second kappa shape index (κ2) is 6.84. The summed E-state index contributed by atoms with van der Waals surface area (Å²) >= 11 is 6.04. The van der Waals surface area contributed by atoms with Crippen LogP contribution < -0.4 is 10.9 Å². The second-order valence-electron chi connectivity index (χ2n) is 5.50. The first-order valence-corrected chi connectivity index (χ1v) is 7.78. The van der Waals surface area contributed by atoms with Crippen LogP contribution in [0.5, 0.6) is 0 Å². The summed E-state index contributed by atoms with van der Waals surface area (Å²) < 4.78 is 0. The molecular formula is C16H16ClN5O2. The Hall–Kier alpha value is -2.67. The molecule has 1 aromatic carbocycles. The van der Waals surface area contributed by atoms with Gasteiger partial charge in [0.25, 0.3) is 0 Å². The SMILES string of the molecule is CN1C(=O)C[C@H](C(=O)NNc2ncccn2)[C@@H]1c1cccc(Cl)c1. The molecule has 1 aliphatic heterocycles. The first-order chi connectivity index (χ1) is 11.6. The number of anilines is 1. The van der Waals surface area contributed by atoms with E-state index in [1.165, 1.54) is 0 Å². The minimum Gasteiger partial charge on any atom is -0.338 e. The van der Waals surface area contributed by atoms with Crippen LogP contribution in [0.2, 0.25) is 5.02 Å². The fourth-order valence-electron chi connectivity index (χ4n) is 2.83. The van der Waals surface area contributed by atoms with Crippen molar-refractivity contribution >= 4 is 29.4 Å². The molecule has 0 spiro atoms. The smallest absolute Gasteiger partial charge is 0.244 e. The predicted molar refractivity (Wildman–Crippen MR) is 88.9 cm³/mol. The third-order valence-corrected chi connectivity index (χ3v) is 4.21. The quantitative estimate of drug-likeness (QED) is 0.825. The zero-order chi connectivity index (χ0) is 17.1. The Balaban J connectivity index is 1.77. The van der Waals surface area contributed by atoms with Gasteiger partial charge in [-0.25, -0.2) is 9.97 Å². The normalized spacial score (nSPS) is 20.1. The van der Waals surface area contributed by atoms with Crippen LogP contribution in [-0.2, 0) is 9.59 Å². The summed E-state index contributed by atoms with van der Waals surface area (Å²) in [5, 5.41) is 0.565. The number of aromatic nitrogens is 2. The number of hydrazine groups is 1. The summed E-state index contributed by atoms with van der Waals surface area (Å²) in [6.07, 6.45) is 3.25. The molecule has 0 aliphatic carbocycles. The molecule has 2 heterocycles. The van der Waals surface area contributed by atoms with Gasteiger partial charge in [0.05, 0.1) is 12.0 Å². The summed E-state index contributed by atoms with van der Waals surface area (Å²) in [6.45, 7) is 0. The zero-order valence-corrected chi connectivity index (χ0v) is 13.7. The highest BCUT2D eigenvalue weighted by Gasteiger charge is 2.42. The molecule has 3 rings (SSSR count). The van der Waals surface area contributed by atoms with Crippen LogP contribution in [0.3, 0.4) is 0 Å². The van der Waals surface area contributed by atoms with Crippen molar-refractivity contribution in [2.75, 3.05) is 12.5 Å². The zero-order valence-electron chi connectivity index (χ0n) is 12.9.